The van der Waals surface area contributed by atoms with Crippen molar-refractivity contribution >= 4 is 15.9 Å². The summed E-state index contributed by atoms with van der Waals surface area (Å²) in [5, 5.41) is 0. The summed E-state index contributed by atoms with van der Waals surface area (Å²) in [7, 11) is 0. The van der Waals surface area contributed by atoms with E-state index in [2.05, 4.69) is 20.9 Å². The minimum Gasteiger partial charge on any atom is -0.438 e. The highest BCUT2D eigenvalue weighted by Crippen LogP contribution is 2.30. The average molecular weight is 300 g/mol. The third kappa shape index (κ3) is 2.61. The zero-order valence-electron chi connectivity index (χ0n) is 8.88. The van der Waals surface area contributed by atoms with E-state index in [-0.39, 0.29) is 5.75 Å². The number of ether oxygens (including phenoxy) is 1. The van der Waals surface area contributed by atoms with Crippen LogP contribution in [0.15, 0.2) is 34.9 Å². The lowest BCUT2D eigenvalue weighted by molar-refractivity contribution is 0.445. The second-order valence-electron chi connectivity index (χ2n) is 3.42. The third-order valence-electron chi connectivity index (χ3n) is 2.16. The predicted molar refractivity (Wildman–Crippen MR) is 63.1 cm³/mol. The number of aryl methyl sites for hydroxylation is 1. The summed E-state index contributed by atoms with van der Waals surface area (Å²) >= 11 is 3.32. The molecule has 1 aromatic carbocycles. The molecule has 0 aliphatic heterocycles. The van der Waals surface area contributed by atoms with Gasteiger partial charge in [-0.2, -0.15) is 0 Å². The van der Waals surface area contributed by atoms with Crippen LogP contribution in [-0.4, -0.2) is 4.98 Å². The van der Waals surface area contributed by atoms with Gasteiger partial charge in [0.25, 0.3) is 0 Å². The molecule has 1 heterocycles. The fourth-order valence-corrected chi connectivity index (χ4v) is 1.55. The topological polar surface area (TPSA) is 22.1 Å². The number of pyridine rings is 1. The van der Waals surface area contributed by atoms with E-state index in [1.807, 2.05) is 13.0 Å². The van der Waals surface area contributed by atoms with Crippen LogP contribution in [0.4, 0.5) is 8.78 Å². The first kappa shape index (κ1) is 12.0. The van der Waals surface area contributed by atoms with Crippen molar-refractivity contribution in [3.8, 4) is 11.6 Å². The Hall–Kier alpha value is -1.49. The van der Waals surface area contributed by atoms with E-state index >= 15 is 0 Å². The minimum atomic E-state index is -0.953. The Morgan fingerprint density at radius 1 is 1.18 bits per heavy atom. The third-order valence-corrected chi connectivity index (χ3v) is 3.12. The van der Waals surface area contributed by atoms with Crippen LogP contribution in [0.1, 0.15) is 5.56 Å². The standard InChI is InChI=1S/C12H8BrF2NO/c1-7-4-5-16-12(11(7)13)17-8-2-3-9(14)10(15)6-8/h2-6H,1H3. The maximum absolute atomic E-state index is 13.0. The summed E-state index contributed by atoms with van der Waals surface area (Å²) in [6.07, 6.45) is 1.58. The van der Waals surface area contributed by atoms with Crippen molar-refractivity contribution in [2.75, 3.05) is 0 Å². The van der Waals surface area contributed by atoms with Crippen LogP contribution in [0, 0.1) is 18.6 Å². The van der Waals surface area contributed by atoms with Crippen LogP contribution >= 0.6 is 15.9 Å². The van der Waals surface area contributed by atoms with Crippen molar-refractivity contribution in [3.05, 3.63) is 52.1 Å². The molecule has 2 rings (SSSR count). The van der Waals surface area contributed by atoms with Crippen molar-refractivity contribution in [2.24, 2.45) is 0 Å². The van der Waals surface area contributed by atoms with E-state index in [1.54, 1.807) is 6.20 Å². The van der Waals surface area contributed by atoms with Crippen LogP contribution in [0.2, 0.25) is 0 Å². The van der Waals surface area contributed by atoms with Gasteiger partial charge in [-0.15, -0.1) is 0 Å². The van der Waals surface area contributed by atoms with E-state index in [4.69, 9.17) is 4.74 Å². The molecule has 0 saturated carbocycles. The predicted octanol–water partition coefficient (Wildman–Crippen LogP) is 4.22. The van der Waals surface area contributed by atoms with Gasteiger partial charge in [0, 0.05) is 12.3 Å². The summed E-state index contributed by atoms with van der Waals surface area (Å²) in [6.45, 7) is 1.88. The Morgan fingerprint density at radius 2 is 1.94 bits per heavy atom. The van der Waals surface area contributed by atoms with Crippen LogP contribution in [-0.2, 0) is 0 Å². The van der Waals surface area contributed by atoms with Gasteiger partial charge in [0.15, 0.2) is 11.6 Å². The Morgan fingerprint density at radius 3 is 2.65 bits per heavy atom. The highest BCUT2D eigenvalue weighted by Gasteiger charge is 2.08. The van der Waals surface area contributed by atoms with Crippen molar-refractivity contribution in [2.45, 2.75) is 6.92 Å². The van der Waals surface area contributed by atoms with Gasteiger partial charge < -0.3 is 4.74 Å². The van der Waals surface area contributed by atoms with E-state index < -0.39 is 11.6 Å². The fourth-order valence-electron chi connectivity index (χ4n) is 1.24. The number of hydrogen-bond acceptors (Lipinski definition) is 2. The van der Waals surface area contributed by atoms with Crippen molar-refractivity contribution in [1.29, 1.82) is 0 Å². The molecule has 2 aromatic rings. The molecule has 5 heteroatoms. The summed E-state index contributed by atoms with van der Waals surface area (Å²) in [5.74, 6) is -1.35. The van der Waals surface area contributed by atoms with Crippen molar-refractivity contribution in [1.82, 2.24) is 4.98 Å². The molecule has 88 valence electrons. The monoisotopic (exact) mass is 299 g/mol. The summed E-state index contributed by atoms with van der Waals surface area (Å²) in [5.41, 5.74) is 0.942. The highest BCUT2D eigenvalue weighted by molar-refractivity contribution is 9.10. The minimum absolute atomic E-state index is 0.197. The molecule has 0 unspecified atom stereocenters. The van der Waals surface area contributed by atoms with Gasteiger partial charge in [0.1, 0.15) is 5.75 Å². The SMILES string of the molecule is Cc1ccnc(Oc2ccc(F)c(F)c2)c1Br. The zero-order valence-corrected chi connectivity index (χ0v) is 10.5. The quantitative estimate of drug-likeness (QED) is 0.828. The Bertz CT molecular complexity index is 560. The molecule has 0 spiro atoms. The lowest BCUT2D eigenvalue weighted by atomic mass is 10.3. The molecule has 0 saturated heterocycles. The van der Waals surface area contributed by atoms with E-state index in [1.165, 1.54) is 6.07 Å². The molecule has 0 amide bonds. The first-order valence-electron chi connectivity index (χ1n) is 4.82. The van der Waals surface area contributed by atoms with Gasteiger partial charge in [-0.05, 0) is 46.6 Å². The van der Waals surface area contributed by atoms with Crippen LogP contribution in [0.25, 0.3) is 0 Å². The smallest absolute Gasteiger partial charge is 0.233 e. The van der Waals surface area contributed by atoms with Gasteiger partial charge in [0.05, 0.1) is 4.47 Å². The molecule has 2 nitrogen and oxygen atoms in total. The lowest BCUT2D eigenvalue weighted by Gasteiger charge is -2.08. The number of hydrogen-bond donors (Lipinski definition) is 0. The van der Waals surface area contributed by atoms with Gasteiger partial charge in [-0.3, -0.25) is 0 Å². The van der Waals surface area contributed by atoms with Gasteiger partial charge >= 0.3 is 0 Å². The van der Waals surface area contributed by atoms with Crippen molar-refractivity contribution in [3.63, 3.8) is 0 Å². The molecule has 1 aromatic heterocycles. The number of benzene rings is 1. The molecule has 0 bridgehead atoms. The molecule has 0 aliphatic rings. The number of aromatic nitrogens is 1. The summed E-state index contributed by atoms with van der Waals surface area (Å²) in [6, 6.07) is 5.14. The number of rotatable bonds is 2. The molecular weight excluding hydrogens is 292 g/mol. The summed E-state index contributed by atoms with van der Waals surface area (Å²) < 4.78 is 31.7. The zero-order chi connectivity index (χ0) is 12.4. The van der Waals surface area contributed by atoms with E-state index in [0.717, 1.165) is 17.7 Å². The Balaban J connectivity index is 2.31. The van der Waals surface area contributed by atoms with Crippen molar-refractivity contribution < 1.29 is 13.5 Å². The molecule has 0 atom stereocenters. The lowest BCUT2D eigenvalue weighted by Crippen LogP contribution is -1.92. The Labute approximate surface area is 105 Å². The molecule has 17 heavy (non-hydrogen) atoms. The van der Waals surface area contributed by atoms with E-state index in [9.17, 15) is 8.78 Å². The van der Waals surface area contributed by atoms with E-state index in [0.29, 0.717) is 10.4 Å². The van der Waals surface area contributed by atoms with Crippen LogP contribution in [0.3, 0.4) is 0 Å². The Kier molecular flexibility index (Phi) is 3.38. The largest absolute Gasteiger partial charge is 0.438 e. The normalized spacial score (nSPS) is 10.4. The highest BCUT2D eigenvalue weighted by atomic mass is 79.9. The summed E-state index contributed by atoms with van der Waals surface area (Å²) in [4.78, 5) is 4.00. The molecular formula is C12H8BrF2NO. The molecule has 0 aliphatic carbocycles. The van der Waals surface area contributed by atoms with Gasteiger partial charge in [0.2, 0.25) is 5.88 Å². The van der Waals surface area contributed by atoms with Crippen LogP contribution in [0.5, 0.6) is 11.6 Å². The maximum atomic E-state index is 13.0. The van der Waals surface area contributed by atoms with Gasteiger partial charge in [-0.25, -0.2) is 13.8 Å². The molecule has 0 N–H and O–H groups in total. The second-order valence-corrected chi connectivity index (χ2v) is 4.22. The first-order valence-corrected chi connectivity index (χ1v) is 5.61. The average Bonchev–Trinajstić information content (AvgIpc) is 2.30. The molecule has 0 fully saturated rings. The van der Waals surface area contributed by atoms with Crippen LogP contribution < -0.4 is 4.74 Å². The van der Waals surface area contributed by atoms with Gasteiger partial charge in [-0.1, -0.05) is 0 Å². The second kappa shape index (κ2) is 4.79. The number of halogens is 3. The maximum Gasteiger partial charge on any atom is 0.233 e. The number of nitrogens with zero attached hydrogens (tertiary/aromatic N) is 1. The fraction of sp³-hybridized carbons (Fsp3) is 0.0833. The molecule has 0 radical (unpaired) electrons. The first-order chi connectivity index (χ1) is 8.08.